The van der Waals surface area contributed by atoms with E-state index in [9.17, 15) is 0 Å². The Balaban J connectivity index is 2.30. The van der Waals surface area contributed by atoms with Crippen molar-refractivity contribution in [1.29, 1.82) is 1.23 Å². The first-order valence-electron chi connectivity index (χ1n) is 4.98. The van der Waals surface area contributed by atoms with E-state index in [1.54, 1.807) is 0 Å². The first-order chi connectivity index (χ1) is 6.88. The minimum Gasteiger partial charge on any atom is -0.0633 e. The average molecular weight is 185 g/mol. The Bertz CT molecular complexity index is 346. The summed E-state index contributed by atoms with van der Waals surface area (Å²) in [5.41, 5.74) is 0. The van der Waals surface area contributed by atoms with Crippen molar-refractivity contribution < 1.29 is 0 Å². The van der Waals surface area contributed by atoms with Crippen LogP contribution in [0, 0.1) is 0 Å². The van der Waals surface area contributed by atoms with Gasteiger partial charge in [0, 0.05) is 1.23 Å². The van der Waals surface area contributed by atoms with Gasteiger partial charge in [0.2, 0.25) is 0 Å². The minimum absolute atomic E-state index is 1.18. The lowest BCUT2D eigenvalue weighted by molar-refractivity contribution is 1.75. The molecule has 1 heteroatoms. The first-order valence-corrected chi connectivity index (χ1v) is 5.55. The quantitative estimate of drug-likeness (QED) is 0.607. The van der Waals surface area contributed by atoms with Crippen LogP contribution < -0.4 is 10.4 Å². The Labute approximate surface area is 82.3 Å². The maximum absolute atomic E-state index is 8.19. The largest absolute Gasteiger partial charge is 0.0875 e. The van der Waals surface area contributed by atoms with Crippen LogP contribution >= 0.6 is 0 Å². The van der Waals surface area contributed by atoms with E-state index in [1.165, 1.54) is 10.4 Å². The predicted octanol–water partition coefficient (Wildman–Crippen LogP) is 0.806. The highest BCUT2D eigenvalue weighted by Gasteiger charge is 1.93. The molecule has 0 spiro atoms. The second-order valence-electron chi connectivity index (χ2n) is 2.97. The van der Waals surface area contributed by atoms with Crippen LogP contribution in [0.5, 0.6) is 0 Å². The molecule has 0 aliphatic carbocycles. The van der Waals surface area contributed by atoms with Gasteiger partial charge in [-0.2, -0.15) is 0 Å². The molecular weight excluding hydrogens is 172 g/mol. The van der Waals surface area contributed by atoms with E-state index < -0.39 is 9.45 Å². The van der Waals surface area contributed by atoms with Crippen molar-refractivity contribution in [3.63, 3.8) is 0 Å². The van der Waals surface area contributed by atoms with Crippen molar-refractivity contribution in [3.05, 3.63) is 60.7 Å². The molecule has 0 N–H and O–H groups in total. The fourth-order valence-corrected chi connectivity index (χ4v) is 2.51. The molecule has 0 unspecified atom stereocenters. The molecule has 0 aliphatic rings. The van der Waals surface area contributed by atoms with Gasteiger partial charge >= 0.3 is 0 Å². The molecule has 0 atom stereocenters. The van der Waals surface area contributed by atoms with Crippen molar-refractivity contribution >= 4 is 19.8 Å². The van der Waals surface area contributed by atoms with Crippen molar-refractivity contribution in [2.75, 3.05) is 0 Å². The van der Waals surface area contributed by atoms with E-state index in [0.29, 0.717) is 0 Å². The van der Waals surface area contributed by atoms with Gasteiger partial charge in [0.25, 0.3) is 0 Å². The fourth-order valence-electron chi connectivity index (χ4n) is 1.29. The number of hydrogen-bond acceptors (Lipinski definition) is 0. The molecule has 0 radical (unpaired) electrons. The van der Waals surface area contributed by atoms with Gasteiger partial charge in [0.05, 0.1) is 9.45 Å². The van der Waals surface area contributed by atoms with Crippen molar-refractivity contribution in [2.45, 2.75) is 0 Å². The summed E-state index contributed by atoms with van der Waals surface area (Å²) in [5.74, 6) is 0. The third-order valence-corrected chi connectivity index (χ3v) is 3.37. The zero-order valence-electron chi connectivity index (χ0n) is 8.35. The molecule has 0 aliphatic heterocycles. The Morgan fingerprint density at radius 2 is 1.08 bits per heavy atom. The number of benzene rings is 2. The van der Waals surface area contributed by atoms with Crippen LogP contribution in [0.15, 0.2) is 60.7 Å². The van der Waals surface area contributed by atoms with Crippen LogP contribution in [-0.4, -0.2) is 10.7 Å². The molecule has 0 saturated carbocycles. The van der Waals surface area contributed by atoms with E-state index in [2.05, 4.69) is 24.3 Å². The van der Waals surface area contributed by atoms with Gasteiger partial charge < -0.3 is 0 Å². The molecule has 2 rings (SSSR count). The van der Waals surface area contributed by atoms with Crippen LogP contribution in [0.4, 0.5) is 0 Å². The van der Waals surface area contributed by atoms with E-state index in [1.807, 2.05) is 36.4 Å². The van der Waals surface area contributed by atoms with Gasteiger partial charge in [-0.25, -0.2) is 0 Å². The van der Waals surface area contributed by atoms with Crippen molar-refractivity contribution in [2.24, 2.45) is 0 Å². The second kappa shape index (κ2) is 4.05. The lowest BCUT2D eigenvalue weighted by atomic mass is 10.4. The smallest absolute Gasteiger partial charge is 0.0633 e. The average Bonchev–Trinajstić information content (AvgIpc) is 2.30. The molecule has 0 bridgehead atoms. The lowest BCUT2D eigenvalue weighted by Crippen LogP contribution is -2.26. The highest BCUT2D eigenvalue weighted by atomic mass is 28.2. The molecule has 0 aromatic heterocycles. The predicted molar refractivity (Wildman–Crippen MR) is 60.7 cm³/mol. The molecule has 0 amide bonds. The molecule has 13 heavy (non-hydrogen) atoms. The molecule has 0 nitrogen and oxygen atoms in total. The van der Waals surface area contributed by atoms with Gasteiger partial charge in [-0.3, -0.25) is 0 Å². The molecule has 0 fully saturated rings. The van der Waals surface area contributed by atoms with Crippen molar-refractivity contribution in [1.82, 2.24) is 0 Å². The summed E-state index contributed by atoms with van der Waals surface area (Å²) in [5, 5.41) is 2.36. The summed E-state index contributed by atoms with van der Waals surface area (Å²) in [6.45, 7) is 0. The third kappa shape index (κ3) is 2.29. The van der Waals surface area contributed by atoms with E-state index in [0.717, 1.165) is 0 Å². The van der Waals surface area contributed by atoms with E-state index in [4.69, 9.17) is 1.23 Å². The summed E-state index contributed by atoms with van der Waals surface area (Å²) in [6.07, 6.45) is 0. The van der Waals surface area contributed by atoms with Crippen LogP contribution in [-0.2, 0) is 0 Å². The normalized spacial score (nSPS) is 11.3. The molecule has 2 aromatic rings. The van der Waals surface area contributed by atoms with Gasteiger partial charge in [-0.1, -0.05) is 71.0 Å². The Morgan fingerprint density at radius 1 is 0.692 bits per heavy atom. The molecule has 64 valence electrons. The summed E-state index contributed by atoms with van der Waals surface area (Å²) in [6, 6.07) is 20.2. The standard InChI is InChI=1S/C12H12Si/c1-3-7-11(8-4-1)13-12-9-5-2-6-10-12/h1-10H,13H2/i13D. The van der Waals surface area contributed by atoms with Crippen LogP contribution in [0.2, 0.25) is 0 Å². The molecule has 0 heterocycles. The third-order valence-electron chi connectivity index (χ3n) is 1.93. The highest BCUT2D eigenvalue weighted by molar-refractivity contribution is 6.67. The van der Waals surface area contributed by atoms with Crippen LogP contribution in [0.1, 0.15) is 0 Å². The Morgan fingerprint density at radius 3 is 1.46 bits per heavy atom. The van der Waals surface area contributed by atoms with Gasteiger partial charge in [0.1, 0.15) is 0 Å². The second-order valence-corrected chi connectivity index (χ2v) is 4.59. The Kier molecular flexibility index (Phi) is 2.21. The summed E-state index contributed by atoms with van der Waals surface area (Å²) in [4.78, 5) is 0. The highest BCUT2D eigenvalue weighted by Crippen LogP contribution is 1.84. The van der Waals surface area contributed by atoms with Crippen LogP contribution in [0.25, 0.3) is 0 Å². The number of hydrogen-bond donors (Lipinski definition) is 0. The van der Waals surface area contributed by atoms with E-state index >= 15 is 0 Å². The zero-order chi connectivity index (χ0) is 9.80. The maximum atomic E-state index is 8.19. The van der Waals surface area contributed by atoms with Gasteiger partial charge in [-0.05, 0) is 0 Å². The van der Waals surface area contributed by atoms with Crippen molar-refractivity contribution in [3.8, 4) is 0 Å². The maximum Gasteiger partial charge on any atom is 0.0875 e. The minimum atomic E-state index is -1.67. The topological polar surface area (TPSA) is 0 Å². The number of rotatable bonds is 2. The summed E-state index contributed by atoms with van der Waals surface area (Å²) in [7, 11) is -1.67. The fraction of sp³-hybridized carbons (Fsp3) is 0. The zero-order valence-corrected chi connectivity index (χ0v) is 8.51. The van der Waals surface area contributed by atoms with Gasteiger partial charge in [-0.15, -0.1) is 0 Å². The summed E-state index contributed by atoms with van der Waals surface area (Å²) >= 11 is 0. The molecule has 0 saturated heterocycles. The van der Waals surface area contributed by atoms with E-state index in [-0.39, 0.29) is 0 Å². The monoisotopic (exact) mass is 185 g/mol. The SMILES string of the molecule is [2H][SiH](c1ccccc1)c1ccccc1. The van der Waals surface area contributed by atoms with Crippen LogP contribution in [0.3, 0.4) is 0 Å². The van der Waals surface area contributed by atoms with Gasteiger partial charge in [0.15, 0.2) is 0 Å². The first kappa shape index (κ1) is 7.10. The molecule has 2 aromatic carbocycles. The Hall–Kier alpha value is -1.34. The lowest BCUT2D eigenvalue weighted by Gasteiger charge is -1.99. The summed E-state index contributed by atoms with van der Waals surface area (Å²) < 4.78 is 8.19. The molecular formula is C12H12Si.